The molecule has 0 aliphatic rings. The minimum absolute atomic E-state index is 0.0258. The van der Waals surface area contributed by atoms with Crippen LogP contribution >= 0.6 is 22.7 Å². The van der Waals surface area contributed by atoms with Crippen LogP contribution in [-0.4, -0.2) is 9.13 Å². The van der Waals surface area contributed by atoms with Crippen molar-refractivity contribution in [2.45, 2.75) is 0 Å². The topological polar surface area (TPSA) is 44.0 Å². The minimum atomic E-state index is -0.0258. The second-order valence-electron chi connectivity index (χ2n) is 11.4. The summed E-state index contributed by atoms with van der Waals surface area (Å²) in [5, 5.41) is 9.16. The van der Waals surface area contributed by atoms with Crippen LogP contribution in [0.25, 0.3) is 86.0 Å². The fourth-order valence-electron chi connectivity index (χ4n) is 6.84. The van der Waals surface area contributed by atoms with Crippen LogP contribution in [0.15, 0.2) is 117 Å². The molecule has 210 valence electrons. The van der Waals surface area contributed by atoms with Crippen molar-refractivity contribution < 1.29 is 0 Å². The lowest BCUT2D eigenvalue weighted by Gasteiger charge is -2.16. The van der Waals surface area contributed by atoms with Gasteiger partial charge in [-0.25, -0.2) is 0 Å². The highest BCUT2D eigenvalue weighted by Gasteiger charge is 2.17. The predicted octanol–water partition coefficient (Wildman–Crippen LogP) is 9.46. The Morgan fingerprint density at radius 3 is 1.36 bits per heavy atom. The third-order valence-corrected chi connectivity index (χ3v) is 11.0. The van der Waals surface area contributed by atoms with Gasteiger partial charge in [-0.15, -0.1) is 22.7 Å². The molecule has 0 spiro atoms. The van der Waals surface area contributed by atoms with Crippen molar-refractivity contribution in [3.63, 3.8) is 0 Å². The summed E-state index contributed by atoms with van der Waals surface area (Å²) >= 11 is 3.43. The summed E-state index contributed by atoms with van der Waals surface area (Å²) in [5.41, 5.74) is 7.43. The molecule has 0 aliphatic carbocycles. The van der Waals surface area contributed by atoms with E-state index in [2.05, 4.69) is 71.4 Å². The Morgan fingerprint density at radius 2 is 0.909 bits per heavy atom. The van der Waals surface area contributed by atoms with Crippen molar-refractivity contribution in [3.05, 3.63) is 128 Å². The average molecular weight is 605 g/mol. The van der Waals surface area contributed by atoms with Gasteiger partial charge in [-0.1, -0.05) is 48.5 Å². The predicted molar refractivity (Wildman–Crippen MR) is 189 cm³/mol. The van der Waals surface area contributed by atoms with Gasteiger partial charge in [0.15, 0.2) is 10.9 Å². The second-order valence-corrected chi connectivity index (χ2v) is 13.2. The molecule has 0 saturated carbocycles. The Kier molecular flexibility index (Phi) is 5.34. The van der Waals surface area contributed by atoms with Gasteiger partial charge in [0.1, 0.15) is 0 Å². The summed E-state index contributed by atoms with van der Waals surface area (Å²) < 4.78 is 6.51. The zero-order chi connectivity index (χ0) is 29.7. The van der Waals surface area contributed by atoms with Gasteiger partial charge in [-0.2, -0.15) is 0 Å². The second kappa shape index (κ2) is 9.23. The van der Waals surface area contributed by atoms with Crippen LogP contribution in [0.2, 0.25) is 0 Å². The zero-order valence-electron chi connectivity index (χ0n) is 23.9. The highest BCUT2D eigenvalue weighted by atomic mass is 32.1. The third kappa shape index (κ3) is 3.49. The van der Waals surface area contributed by atoms with Crippen LogP contribution in [0.5, 0.6) is 0 Å². The van der Waals surface area contributed by atoms with Crippen molar-refractivity contribution in [2.75, 3.05) is 0 Å². The highest BCUT2D eigenvalue weighted by Crippen LogP contribution is 2.36. The average Bonchev–Trinajstić information content (AvgIpc) is 3.75. The Morgan fingerprint density at radius 1 is 0.477 bits per heavy atom. The van der Waals surface area contributed by atoms with E-state index in [-0.39, 0.29) is 10.9 Å². The highest BCUT2D eigenvalue weighted by molar-refractivity contribution is 7.18. The van der Waals surface area contributed by atoms with E-state index in [0.29, 0.717) is 21.5 Å². The summed E-state index contributed by atoms with van der Waals surface area (Å²) in [6, 6.07) is 32.9. The van der Waals surface area contributed by atoms with Crippen LogP contribution < -0.4 is 10.9 Å². The van der Waals surface area contributed by atoms with Gasteiger partial charge in [0, 0.05) is 45.0 Å². The van der Waals surface area contributed by atoms with Gasteiger partial charge in [0.25, 0.3) is 0 Å². The number of fused-ring (bicyclic) bond motifs is 6. The molecule has 0 unspecified atom stereocenters. The first-order chi connectivity index (χ1) is 21.5. The first-order valence-electron chi connectivity index (χ1n) is 14.4. The molecule has 0 aliphatic heterocycles. The van der Waals surface area contributed by atoms with E-state index in [1.165, 1.54) is 20.2 Å². The SMILES string of the molecule is Cn1c2ccc(-c3cccc4ccsc34)cc2c(=O)c2cc3c(cc21)c(=O)c1cc(-c2cccc4ccsc24)ccc1n3C. The molecular formula is C38H24N2O2S2. The van der Waals surface area contributed by atoms with Gasteiger partial charge < -0.3 is 9.13 Å². The molecule has 4 heterocycles. The molecule has 4 aromatic heterocycles. The number of nitrogens with zero attached hydrogens (tertiary/aromatic N) is 2. The molecule has 9 aromatic rings. The maximum absolute atomic E-state index is 14.1. The summed E-state index contributed by atoms with van der Waals surface area (Å²) in [7, 11) is 3.95. The number of aryl methyl sites for hydroxylation is 2. The molecule has 0 fully saturated rings. The van der Waals surface area contributed by atoms with Crippen LogP contribution in [0.3, 0.4) is 0 Å². The standard InChI is InChI=1S/C38H24N2O2S2/c1-39-31-11-9-23(25-7-3-5-21-13-15-43-37(21)25)17-27(31)35(41)29-20-34-30(19-33(29)39)36(42)28-18-24(10-12-32(28)40(34)2)26-8-4-6-22-14-16-44-38(22)26/h3-20H,1-2H3. The lowest BCUT2D eigenvalue weighted by molar-refractivity contribution is 0.994. The van der Waals surface area contributed by atoms with Gasteiger partial charge in [-0.3, -0.25) is 9.59 Å². The number of hydrogen-bond acceptors (Lipinski definition) is 4. The fourth-order valence-corrected chi connectivity index (χ4v) is 8.71. The van der Waals surface area contributed by atoms with Crippen molar-refractivity contribution in [2.24, 2.45) is 14.1 Å². The quantitative estimate of drug-likeness (QED) is 0.185. The molecule has 5 aromatic carbocycles. The molecule has 9 rings (SSSR count). The molecule has 0 saturated heterocycles. The first-order valence-corrected chi connectivity index (χ1v) is 16.2. The molecule has 0 N–H and O–H groups in total. The van der Waals surface area contributed by atoms with Crippen LogP contribution in [-0.2, 0) is 14.1 Å². The maximum atomic E-state index is 14.1. The van der Waals surface area contributed by atoms with Crippen molar-refractivity contribution in [1.82, 2.24) is 9.13 Å². The first kappa shape index (κ1) is 25.5. The third-order valence-electron chi connectivity index (χ3n) is 9.11. The molecule has 44 heavy (non-hydrogen) atoms. The number of benzene rings is 5. The van der Waals surface area contributed by atoms with Gasteiger partial charge in [0.2, 0.25) is 0 Å². The van der Waals surface area contributed by atoms with Crippen molar-refractivity contribution >= 4 is 86.5 Å². The molecule has 0 bridgehead atoms. The van der Waals surface area contributed by atoms with Crippen LogP contribution in [0.1, 0.15) is 0 Å². The number of aromatic nitrogens is 2. The molecule has 0 amide bonds. The number of thiophene rings is 2. The van der Waals surface area contributed by atoms with Crippen LogP contribution in [0, 0.1) is 0 Å². The summed E-state index contributed by atoms with van der Waals surface area (Å²) in [5.74, 6) is 0. The van der Waals surface area contributed by atoms with Gasteiger partial charge in [-0.05, 0) is 92.3 Å². The van der Waals surface area contributed by atoms with Crippen LogP contribution in [0.4, 0.5) is 0 Å². The number of hydrogen-bond donors (Lipinski definition) is 0. The Bertz CT molecular complexity index is 2600. The molecular weight excluding hydrogens is 581 g/mol. The summed E-state index contributed by atoms with van der Waals surface area (Å²) in [4.78, 5) is 28.3. The maximum Gasteiger partial charge on any atom is 0.197 e. The van der Waals surface area contributed by atoms with E-state index < -0.39 is 0 Å². The normalized spacial score (nSPS) is 12.0. The number of pyridine rings is 2. The Balaban J connectivity index is 1.30. The monoisotopic (exact) mass is 604 g/mol. The molecule has 4 nitrogen and oxygen atoms in total. The lowest BCUT2D eigenvalue weighted by atomic mass is 9.99. The zero-order valence-corrected chi connectivity index (χ0v) is 25.6. The summed E-state index contributed by atoms with van der Waals surface area (Å²) in [6.45, 7) is 0. The Labute approximate surface area is 259 Å². The van der Waals surface area contributed by atoms with E-state index in [0.717, 1.165) is 44.3 Å². The minimum Gasteiger partial charge on any atom is -0.343 e. The van der Waals surface area contributed by atoms with Crippen molar-refractivity contribution in [3.8, 4) is 22.3 Å². The molecule has 0 radical (unpaired) electrons. The molecule has 6 heteroatoms. The van der Waals surface area contributed by atoms with E-state index in [9.17, 15) is 9.59 Å². The van der Waals surface area contributed by atoms with Crippen molar-refractivity contribution in [1.29, 1.82) is 0 Å². The Hall–Kier alpha value is -5.04. The van der Waals surface area contributed by atoms with Gasteiger partial charge in [0.05, 0.1) is 22.1 Å². The largest absolute Gasteiger partial charge is 0.343 e. The number of rotatable bonds is 2. The smallest absolute Gasteiger partial charge is 0.197 e. The van der Waals surface area contributed by atoms with E-state index in [1.807, 2.05) is 59.6 Å². The van der Waals surface area contributed by atoms with E-state index >= 15 is 0 Å². The molecule has 0 atom stereocenters. The fraction of sp³-hybridized carbons (Fsp3) is 0.0526. The lowest BCUT2D eigenvalue weighted by Crippen LogP contribution is -2.13. The summed E-state index contributed by atoms with van der Waals surface area (Å²) in [6.07, 6.45) is 0. The van der Waals surface area contributed by atoms with E-state index in [1.54, 1.807) is 22.7 Å². The van der Waals surface area contributed by atoms with Gasteiger partial charge >= 0.3 is 0 Å². The van der Waals surface area contributed by atoms with E-state index in [4.69, 9.17) is 0 Å².